The summed E-state index contributed by atoms with van der Waals surface area (Å²) < 4.78 is 35.2. The molecule has 1 aromatic heterocycles. The van der Waals surface area contributed by atoms with Gasteiger partial charge in [-0.15, -0.1) is 0 Å². The molecule has 0 radical (unpaired) electrons. The first kappa shape index (κ1) is 18.6. The Hall–Kier alpha value is -2.39. The second-order valence-electron chi connectivity index (χ2n) is 7.31. The second kappa shape index (κ2) is 6.84. The number of thioether (sulfide) groups is 1. The number of ether oxygens (including phenoxy) is 1. The molecule has 0 amide bonds. The highest BCUT2D eigenvalue weighted by atomic mass is 32.2. The summed E-state index contributed by atoms with van der Waals surface area (Å²) in [6, 6.07) is 2.78. The van der Waals surface area contributed by atoms with Gasteiger partial charge in [0, 0.05) is 31.6 Å². The third kappa shape index (κ3) is 2.71. The smallest absolute Gasteiger partial charge is 0.344 e. The number of hydrogen-bond acceptors (Lipinski definition) is 6. The maximum atomic E-state index is 15.0. The maximum absolute atomic E-state index is 15.0. The highest BCUT2D eigenvalue weighted by molar-refractivity contribution is 8.00. The van der Waals surface area contributed by atoms with Gasteiger partial charge in [0.2, 0.25) is 5.43 Å². The van der Waals surface area contributed by atoms with E-state index in [4.69, 9.17) is 4.74 Å². The molecule has 0 saturated heterocycles. The molecule has 2 aromatic rings. The Labute approximate surface area is 169 Å². The summed E-state index contributed by atoms with van der Waals surface area (Å²) in [4.78, 5) is 27.2. The zero-order chi connectivity index (χ0) is 20.3. The van der Waals surface area contributed by atoms with Gasteiger partial charge in [-0.05, 0) is 30.2 Å². The second-order valence-corrected chi connectivity index (χ2v) is 8.48. The average Bonchev–Trinajstić information content (AvgIpc) is 3.26. The van der Waals surface area contributed by atoms with Crippen LogP contribution in [0, 0.1) is 5.82 Å². The monoisotopic (exact) mass is 419 g/mol. The number of nitrogens with one attached hydrogen (secondary N) is 1. The van der Waals surface area contributed by atoms with Gasteiger partial charge in [-0.2, -0.15) is 0 Å². The normalized spacial score (nSPS) is 20.1. The molecule has 3 aliphatic heterocycles. The van der Waals surface area contributed by atoms with E-state index < -0.39 is 29.3 Å². The quantitative estimate of drug-likeness (QED) is 0.607. The van der Waals surface area contributed by atoms with Crippen molar-refractivity contribution in [3.05, 3.63) is 44.9 Å². The molecule has 0 bridgehead atoms. The van der Waals surface area contributed by atoms with E-state index in [2.05, 4.69) is 5.32 Å². The van der Waals surface area contributed by atoms with Gasteiger partial charge in [0.05, 0.1) is 22.8 Å². The van der Waals surface area contributed by atoms with Crippen LogP contribution in [-0.4, -0.2) is 50.0 Å². The van der Waals surface area contributed by atoms with Crippen molar-refractivity contribution in [3.8, 4) is 0 Å². The molecule has 1 N–H and O–H groups in total. The topological polar surface area (TPSA) is 63.6 Å². The number of nitrogens with zero attached hydrogens (tertiary/aromatic N) is 2. The molecule has 1 atom stereocenters. The van der Waals surface area contributed by atoms with Gasteiger partial charge < -0.3 is 19.5 Å². The number of alkyl halides is 1. The minimum absolute atomic E-state index is 0.0677. The summed E-state index contributed by atoms with van der Waals surface area (Å²) in [6.07, 6.45) is 0. The van der Waals surface area contributed by atoms with E-state index in [1.54, 1.807) is 17.6 Å². The molecule has 6 nitrogen and oxygen atoms in total. The van der Waals surface area contributed by atoms with E-state index in [-0.39, 0.29) is 17.6 Å². The van der Waals surface area contributed by atoms with Crippen molar-refractivity contribution in [2.24, 2.45) is 0 Å². The number of anilines is 1. The molecule has 1 unspecified atom stereocenters. The van der Waals surface area contributed by atoms with Crippen LogP contribution in [0.25, 0.3) is 10.9 Å². The van der Waals surface area contributed by atoms with Crippen molar-refractivity contribution in [2.45, 2.75) is 17.3 Å². The van der Waals surface area contributed by atoms with Crippen LogP contribution in [0.1, 0.15) is 22.7 Å². The van der Waals surface area contributed by atoms with Gasteiger partial charge in [0.15, 0.2) is 0 Å². The maximum Gasteiger partial charge on any atom is 0.344 e. The molecule has 0 aliphatic carbocycles. The van der Waals surface area contributed by atoms with Crippen LogP contribution in [0.15, 0.2) is 33.1 Å². The third-order valence-corrected chi connectivity index (χ3v) is 6.89. The lowest BCUT2D eigenvalue weighted by Gasteiger charge is -2.34. The molecule has 0 saturated carbocycles. The number of aromatic nitrogens is 1. The number of hydrogen-bond donors (Lipinski definition) is 1. The number of fused-ring (bicyclic) bond motifs is 3. The molecule has 3 aliphatic rings. The third-order valence-electron chi connectivity index (χ3n) is 5.66. The number of benzene rings is 1. The first-order valence-electron chi connectivity index (χ1n) is 9.50. The van der Waals surface area contributed by atoms with E-state index in [0.717, 1.165) is 24.9 Å². The summed E-state index contributed by atoms with van der Waals surface area (Å²) in [6.45, 7) is 3.97. The van der Waals surface area contributed by atoms with Gasteiger partial charge >= 0.3 is 5.97 Å². The first-order chi connectivity index (χ1) is 14.0. The lowest BCUT2D eigenvalue weighted by Crippen LogP contribution is -2.31. The molecule has 5 rings (SSSR count). The number of esters is 1. The Morgan fingerprint density at radius 2 is 2.03 bits per heavy atom. The SMILES string of the molecule is CCOC(=O)c1c2n(c3cc(N4CC5=C(CNC5)C4)c(F)cc3c1=O)C(CF)S2. The predicted octanol–water partition coefficient (Wildman–Crippen LogP) is 2.61. The van der Waals surface area contributed by atoms with Crippen molar-refractivity contribution in [2.75, 3.05) is 44.4 Å². The van der Waals surface area contributed by atoms with Gasteiger partial charge in [-0.3, -0.25) is 4.79 Å². The van der Waals surface area contributed by atoms with Crippen LogP contribution in [0.3, 0.4) is 0 Å². The van der Waals surface area contributed by atoms with Gasteiger partial charge in [-0.25, -0.2) is 13.6 Å². The number of halogens is 2. The van der Waals surface area contributed by atoms with E-state index in [1.807, 2.05) is 4.90 Å². The molecule has 4 heterocycles. The van der Waals surface area contributed by atoms with Crippen molar-refractivity contribution >= 4 is 34.3 Å². The molecular formula is C20H19F2N3O3S. The van der Waals surface area contributed by atoms with E-state index in [9.17, 15) is 14.0 Å². The summed E-state index contributed by atoms with van der Waals surface area (Å²) in [5.41, 5.74) is 2.65. The largest absolute Gasteiger partial charge is 0.462 e. The lowest BCUT2D eigenvalue weighted by atomic mass is 10.1. The Balaban J connectivity index is 1.66. The number of carbonyl (C=O) groups is 1. The van der Waals surface area contributed by atoms with Crippen LogP contribution < -0.4 is 15.6 Å². The first-order valence-corrected chi connectivity index (χ1v) is 10.4. The van der Waals surface area contributed by atoms with Crippen molar-refractivity contribution in [1.29, 1.82) is 0 Å². The van der Waals surface area contributed by atoms with E-state index in [0.29, 0.717) is 29.3 Å². The number of rotatable bonds is 4. The van der Waals surface area contributed by atoms with Crippen LogP contribution in [0.2, 0.25) is 0 Å². The minimum atomic E-state index is -0.759. The summed E-state index contributed by atoms with van der Waals surface area (Å²) >= 11 is 1.13. The fourth-order valence-electron chi connectivity index (χ4n) is 4.29. The number of carbonyl (C=O) groups excluding carboxylic acids is 1. The molecule has 9 heteroatoms. The summed E-state index contributed by atoms with van der Waals surface area (Å²) in [5, 5.41) is 3.19. The average molecular weight is 419 g/mol. The van der Waals surface area contributed by atoms with Crippen LogP contribution in [-0.2, 0) is 4.74 Å². The van der Waals surface area contributed by atoms with Gasteiger partial charge in [0.25, 0.3) is 0 Å². The molecule has 1 aromatic carbocycles. The van der Waals surface area contributed by atoms with Crippen molar-refractivity contribution in [3.63, 3.8) is 0 Å². The zero-order valence-corrected chi connectivity index (χ0v) is 16.6. The Kier molecular flexibility index (Phi) is 4.40. The van der Waals surface area contributed by atoms with E-state index in [1.165, 1.54) is 17.2 Å². The molecular weight excluding hydrogens is 400 g/mol. The minimum Gasteiger partial charge on any atom is -0.462 e. The van der Waals surface area contributed by atoms with Crippen molar-refractivity contribution in [1.82, 2.24) is 9.88 Å². The van der Waals surface area contributed by atoms with Gasteiger partial charge in [0.1, 0.15) is 23.4 Å². The highest BCUT2D eigenvalue weighted by Crippen LogP contribution is 2.47. The Bertz CT molecular complexity index is 1130. The fourth-order valence-corrected chi connectivity index (χ4v) is 5.41. The number of pyridine rings is 1. The molecule has 152 valence electrons. The molecule has 0 spiro atoms. The lowest BCUT2D eigenvalue weighted by molar-refractivity contribution is 0.0518. The van der Waals surface area contributed by atoms with E-state index >= 15 is 4.39 Å². The van der Waals surface area contributed by atoms with Crippen LogP contribution in [0.5, 0.6) is 0 Å². The van der Waals surface area contributed by atoms with Crippen LogP contribution in [0.4, 0.5) is 14.5 Å². The molecule has 29 heavy (non-hydrogen) atoms. The van der Waals surface area contributed by atoms with Gasteiger partial charge in [-0.1, -0.05) is 11.8 Å². The predicted molar refractivity (Wildman–Crippen MR) is 107 cm³/mol. The summed E-state index contributed by atoms with van der Waals surface area (Å²) in [7, 11) is 0. The Morgan fingerprint density at radius 3 is 2.69 bits per heavy atom. The standard InChI is InChI=1S/C20H19F2N3O3S/c1-2-28-20(27)17-18(26)12-3-13(22)15(24-8-10-6-23-7-11(10)9-24)4-14(12)25-16(5-21)29-19(17)25/h3-4,16,23H,2,5-9H2,1H3. The van der Waals surface area contributed by atoms with Crippen molar-refractivity contribution < 1.29 is 18.3 Å². The Morgan fingerprint density at radius 1 is 1.31 bits per heavy atom. The highest BCUT2D eigenvalue weighted by Gasteiger charge is 2.36. The summed E-state index contributed by atoms with van der Waals surface area (Å²) in [5.74, 6) is -1.28. The fraction of sp³-hybridized carbons (Fsp3) is 0.400. The molecule has 0 fully saturated rings. The van der Waals surface area contributed by atoms with Crippen LogP contribution >= 0.6 is 11.8 Å². The zero-order valence-electron chi connectivity index (χ0n) is 15.8.